The first-order valence-corrected chi connectivity index (χ1v) is 10.8. The van der Waals surface area contributed by atoms with Crippen molar-refractivity contribution in [1.29, 1.82) is 0 Å². The number of hydrogen-bond donors (Lipinski definition) is 1. The molecule has 0 amide bonds. The molecule has 1 fully saturated rings. The summed E-state index contributed by atoms with van der Waals surface area (Å²) in [6.07, 6.45) is 5.74. The van der Waals surface area contributed by atoms with Gasteiger partial charge in [0.05, 0.1) is 21.8 Å². The smallest absolute Gasteiger partial charge is 0.303 e. The van der Waals surface area contributed by atoms with E-state index in [4.69, 9.17) is 9.84 Å². The molecule has 1 aliphatic carbocycles. The maximum absolute atomic E-state index is 11.0. The number of aliphatic carboxylic acids is 1. The molecule has 4 nitrogen and oxygen atoms in total. The highest BCUT2D eigenvalue weighted by Gasteiger charge is 2.17. The summed E-state index contributed by atoms with van der Waals surface area (Å²) in [7, 11) is 0. The van der Waals surface area contributed by atoms with Gasteiger partial charge in [-0.3, -0.25) is 4.79 Å². The maximum Gasteiger partial charge on any atom is 0.303 e. The lowest BCUT2D eigenvalue weighted by Gasteiger charge is -2.16. The van der Waals surface area contributed by atoms with Gasteiger partial charge in [-0.05, 0) is 67.5 Å². The second-order valence-electron chi connectivity index (χ2n) is 7.60. The Kier molecular flexibility index (Phi) is 5.62. The van der Waals surface area contributed by atoms with Gasteiger partial charge in [0, 0.05) is 12.0 Å². The van der Waals surface area contributed by atoms with Crippen LogP contribution in [0.3, 0.4) is 0 Å². The zero-order chi connectivity index (χ0) is 19.5. The van der Waals surface area contributed by atoms with Crippen molar-refractivity contribution in [3.8, 4) is 16.9 Å². The fourth-order valence-electron chi connectivity index (χ4n) is 3.93. The first kappa shape index (κ1) is 18.9. The number of hydrogen-bond acceptors (Lipinski definition) is 4. The molecule has 0 saturated heterocycles. The Morgan fingerprint density at radius 1 is 1.21 bits per heavy atom. The Morgan fingerprint density at radius 2 is 2.04 bits per heavy atom. The lowest BCUT2D eigenvalue weighted by molar-refractivity contribution is -0.136. The van der Waals surface area contributed by atoms with Crippen molar-refractivity contribution in [3.63, 3.8) is 0 Å². The molecule has 0 atom stereocenters. The van der Waals surface area contributed by atoms with Gasteiger partial charge in [0.2, 0.25) is 0 Å². The summed E-state index contributed by atoms with van der Waals surface area (Å²) >= 11 is 1.69. The van der Waals surface area contributed by atoms with Crippen molar-refractivity contribution in [2.24, 2.45) is 5.92 Å². The van der Waals surface area contributed by atoms with Crippen molar-refractivity contribution < 1.29 is 14.6 Å². The topological polar surface area (TPSA) is 59.4 Å². The van der Waals surface area contributed by atoms with Crippen LogP contribution in [0.5, 0.6) is 5.75 Å². The van der Waals surface area contributed by atoms with Crippen LogP contribution >= 0.6 is 11.3 Å². The minimum Gasteiger partial charge on any atom is -0.493 e. The fourth-order valence-corrected chi connectivity index (χ4v) is 4.74. The zero-order valence-corrected chi connectivity index (χ0v) is 16.9. The summed E-state index contributed by atoms with van der Waals surface area (Å²) in [6, 6.07) is 12.4. The van der Waals surface area contributed by atoms with Crippen molar-refractivity contribution in [3.05, 3.63) is 47.0 Å². The van der Waals surface area contributed by atoms with Crippen LogP contribution < -0.4 is 4.74 Å². The summed E-state index contributed by atoms with van der Waals surface area (Å²) < 4.78 is 7.42. The number of carboxylic acid groups (broad SMARTS) is 1. The number of ether oxygens (including phenoxy) is 1. The number of rotatable bonds is 7. The van der Waals surface area contributed by atoms with Crippen molar-refractivity contribution in [2.45, 2.75) is 45.4 Å². The summed E-state index contributed by atoms with van der Waals surface area (Å²) in [5.74, 6) is 0.739. The van der Waals surface area contributed by atoms with Crippen molar-refractivity contribution in [2.75, 3.05) is 6.61 Å². The van der Waals surface area contributed by atoms with Gasteiger partial charge in [0.1, 0.15) is 5.75 Å². The number of fused-ring (bicyclic) bond motifs is 1. The van der Waals surface area contributed by atoms with Gasteiger partial charge < -0.3 is 9.84 Å². The number of carbonyl (C=O) groups is 1. The van der Waals surface area contributed by atoms with Crippen LogP contribution in [0.15, 0.2) is 36.4 Å². The van der Waals surface area contributed by atoms with Crippen LogP contribution in [0.25, 0.3) is 21.3 Å². The number of nitrogens with zero attached hydrogens (tertiary/aromatic N) is 1. The summed E-state index contributed by atoms with van der Waals surface area (Å²) in [6.45, 7) is 2.77. The Bertz CT molecular complexity index is 989. The quantitative estimate of drug-likeness (QED) is 0.544. The number of aromatic nitrogens is 1. The standard InChI is InChI=1S/C23H25NO3S/c1-15-24-20-13-18(8-10-22(20)28-15)19-12-16(7-11-23(25)26)6-9-21(19)27-14-17-4-2-3-5-17/h6,8-10,12-13,17H,2-5,7,11,14H2,1H3,(H,25,26). The van der Waals surface area contributed by atoms with Crippen LogP contribution in [0.2, 0.25) is 0 Å². The van der Waals surface area contributed by atoms with Crippen molar-refractivity contribution >= 4 is 27.5 Å². The Balaban J connectivity index is 1.66. The summed E-state index contributed by atoms with van der Waals surface area (Å²) in [5, 5.41) is 10.1. The predicted molar refractivity (Wildman–Crippen MR) is 113 cm³/mol. The molecule has 0 spiro atoms. The molecule has 1 heterocycles. The predicted octanol–water partition coefficient (Wildman–Crippen LogP) is 5.86. The molecular weight excluding hydrogens is 370 g/mol. The molecule has 146 valence electrons. The van der Waals surface area contributed by atoms with Gasteiger partial charge in [0.15, 0.2) is 0 Å². The van der Waals surface area contributed by atoms with E-state index in [0.29, 0.717) is 12.3 Å². The second kappa shape index (κ2) is 8.31. The number of carboxylic acids is 1. The molecule has 1 saturated carbocycles. The molecule has 2 aromatic carbocycles. The maximum atomic E-state index is 11.0. The Hall–Kier alpha value is -2.40. The molecule has 1 aliphatic rings. The fraction of sp³-hybridized carbons (Fsp3) is 0.391. The van der Waals surface area contributed by atoms with Crippen LogP contribution in [0, 0.1) is 12.8 Å². The van der Waals surface area contributed by atoms with Gasteiger partial charge in [-0.1, -0.05) is 25.0 Å². The molecular formula is C23H25NO3S. The third-order valence-corrected chi connectivity index (χ3v) is 6.38. The molecule has 4 rings (SSSR count). The normalized spacial score (nSPS) is 14.6. The highest BCUT2D eigenvalue weighted by atomic mass is 32.1. The van der Waals surface area contributed by atoms with E-state index < -0.39 is 5.97 Å². The van der Waals surface area contributed by atoms with E-state index in [-0.39, 0.29) is 6.42 Å². The van der Waals surface area contributed by atoms with Gasteiger partial charge >= 0.3 is 5.97 Å². The first-order valence-electron chi connectivity index (χ1n) is 9.93. The van der Waals surface area contributed by atoms with E-state index in [1.165, 1.54) is 30.4 Å². The van der Waals surface area contributed by atoms with E-state index in [2.05, 4.69) is 29.2 Å². The largest absolute Gasteiger partial charge is 0.493 e. The molecule has 0 radical (unpaired) electrons. The Labute approximate surface area is 169 Å². The molecule has 0 unspecified atom stereocenters. The van der Waals surface area contributed by atoms with Crippen molar-refractivity contribution in [1.82, 2.24) is 4.98 Å². The van der Waals surface area contributed by atoms with Gasteiger partial charge in [0.25, 0.3) is 0 Å². The second-order valence-corrected chi connectivity index (χ2v) is 8.84. The highest BCUT2D eigenvalue weighted by Crippen LogP contribution is 2.35. The van der Waals surface area contributed by atoms with E-state index in [0.717, 1.165) is 39.6 Å². The van der Waals surface area contributed by atoms with E-state index >= 15 is 0 Å². The van der Waals surface area contributed by atoms with E-state index in [9.17, 15) is 4.79 Å². The highest BCUT2D eigenvalue weighted by molar-refractivity contribution is 7.18. The third kappa shape index (κ3) is 4.36. The molecule has 5 heteroatoms. The van der Waals surface area contributed by atoms with Gasteiger partial charge in [-0.15, -0.1) is 11.3 Å². The lowest BCUT2D eigenvalue weighted by Crippen LogP contribution is -2.09. The zero-order valence-electron chi connectivity index (χ0n) is 16.1. The van der Waals surface area contributed by atoms with Crippen LogP contribution in [0.4, 0.5) is 0 Å². The molecule has 28 heavy (non-hydrogen) atoms. The molecule has 1 aromatic heterocycles. The lowest BCUT2D eigenvalue weighted by atomic mass is 9.99. The van der Waals surface area contributed by atoms with Crippen LogP contribution in [-0.4, -0.2) is 22.7 Å². The van der Waals surface area contributed by atoms with Crippen LogP contribution in [0.1, 0.15) is 42.7 Å². The Morgan fingerprint density at radius 3 is 2.82 bits per heavy atom. The van der Waals surface area contributed by atoms with Crippen LogP contribution in [-0.2, 0) is 11.2 Å². The molecule has 1 N–H and O–H groups in total. The minimum absolute atomic E-state index is 0.131. The summed E-state index contributed by atoms with van der Waals surface area (Å²) in [5.41, 5.74) is 4.10. The first-order chi connectivity index (χ1) is 13.6. The molecule has 0 aliphatic heterocycles. The summed E-state index contributed by atoms with van der Waals surface area (Å²) in [4.78, 5) is 15.6. The SMILES string of the molecule is Cc1nc2cc(-c3cc(CCC(=O)O)ccc3OCC3CCCC3)ccc2s1. The third-order valence-electron chi connectivity index (χ3n) is 5.43. The average Bonchev–Trinajstić information content (AvgIpc) is 3.32. The average molecular weight is 396 g/mol. The minimum atomic E-state index is -0.775. The molecule has 3 aromatic rings. The van der Waals surface area contributed by atoms with Gasteiger partial charge in [-0.25, -0.2) is 4.98 Å². The van der Waals surface area contributed by atoms with E-state index in [1.807, 2.05) is 19.1 Å². The monoisotopic (exact) mass is 395 g/mol. The number of thiazole rings is 1. The molecule has 0 bridgehead atoms. The van der Waals surface area contributed by atoms with Gasteiger partial charge in [-0.2, -0.15) is 0 Å². The van der Waals surface area contributed by atoms with E-state index in [1.54, 1.807) is 11.3 Å². The number of benzene rings is 2. The number of aryl methyl sites for hydroxylation is 2.